The third-order valence-electron chi connectivity index (χ3n) is 5.32. The zero-order valence-electron chi connectivity index (χ0n) is 15.0. The van der Waals surface area contributed by atoms with Gasteiger partial charge in [0.05, 0.1) is 18.7 Å². The van der Waals surface area contributed by atoms with Crippen molar-refractivity contribution in [2.45, 2.75) is 37.3 Å². The average Bonchev–Trinajstić information content (AvgIpc) is 3.33. The molecule has 8 heteroatoms. The minimum absolute atomic E-state index is 0.116. The number of nitriles is 1. The van der Waals surface area contributed by atoms with Crippen LogP contribution in [0.25, 0.3) is 0 Å². The molecule has 1 aromatic carbocycles. The standard InChI is InChI=1S/C19H21N3O5/c1-27-18(24)15-7-3-2-6-14(15)12-9-16(22(11-12)19(25)26)17(23)21-8-4-5-13(21)10-20/h2-3,6-7,12-13,16H,4-5,8-9,11H2,1H3,(H,25,26)/t12-,13-,16-/m0/s1. The Labute approximate surface area is 156 Å². The largest absolute Gasteiger partial charge is 0.465 e. The number of nitrogens with zero attached hydrogens (tertiary/aromatic N) is 3. The molecule has 27 heavy (non-hydrogen) atoms. The van der Waals surface area contributed by atoms with E-state index in [4.69, 9.17) is 4.74 Å². The average molecular weight is 371 g/mol. The van der Waals surface area contributed by atoms with Crippen molar-refractivity contribution in [2.24, 2.45) is 0 Å². The van der Waals surface area contributed by atoms with Gasteiger partial charge in [-0.25, -0.2) is 9.59 Å². The molecule has 1 N–H and O–H groups in total. The van der Waals surface area contributed by atoms with E-state index in [1.807, 2.05) is 0 Å². The molecule has 3 atom stereocenters. The lowest BCUT2D eigenvalue weighted by Gasteiger charge is -2.27. The Bertz CT molecular complexity index is 803. The summed E-state index contributed by atoms with van der Waals surface area (Å²) in [6.45, 7) is 0.579. The molecule has 0 spiro atoms. The number of benzene rings is 1. The van der Waals surface area contributed by atoms with Gasteiger partial charge < -0.3 is 14.7 Å². The van der Waals surface area contributed by atoms with Gasteiger partial charge in [-0.15, -0.1) is 0 Å². The van der Waals surface area contributed by atoms with Crippen LogP contribution in [-0.2, 0) is 9.53 Å². The molecule has 142 valence electrons. The van der Waals surface area contributed by atoms with Crippen LogP contribution in [0.1, 0.15) is 41.1 Å². The summed E-state index contributed by atoms with van der Waals surface area (Å²) in [5.41, 5.74) is 1.05. The van der Waals surface area contributed by atoms with E-state index in [0.717, 1.165) is 11.3 Å². The Kier molecular flexibility index (Phi) is 5.31. The maximum absolute atomic E-state index is 13.0. The summed E-state index contributed by atoms with van der Waals surface area (Å²) in [6.07, 6.45) is 0.432. The van der Waals surface area contributed by atoms with Crippen LogP contribution in [0.2, 0.25) is 0 Å². The lowest BCUT2D eigenvalue weighted by Crippen LogP contribution is -2.48. The second-order valence-corrected chi connectivity index (χ2v) is 6.78. The molecule has 0 radical (unpaired) electrons. The lowest BCUT2D eigenvalue weighted by molar-refractivity contribution is -0.135. The minimum atomic E-state index is -1.18. The van der Waals surface area contributed by atoms with Gasteiger partial charge in [0.15, 0.2) is 0 Å². The van der Waals surface area contributed by atoms with Crippen LogP contribution in [0.5, 0.6) is 0 Å². The van der Waals surface area contributed by atoms with E-state index in [1.54, 1.807) is 24.3 Å². The third-order valence-corrected chi connectivity index (χ3v) is 5.32. The molecule has 0 bridgehead atoms. The molecule has 2 aliphatic rings. The van der Waals surface area contributed by atoms with Gasteiger partial charge >= 0.3 is 12.1 Å². The molecule has 2 fully saturated rings. The van der Waals surface area contributed by atoms with Crippen LogP contribution >= 0.6 is 0 Å². The van der Waals surface area contributed by atoms with Crippen LogP contribution in [0.3, 0.4) is 0 Å². The van der Waals surface area contributed by atoms with Crippen molar-refractivity contribution in [1.82, 2.24) is 9.80 Å². The number of amides is 2. The molecule has 0 saturated carbocycles. The molecular formula is C19H21N3O5. The van der Waals surface area contributed by atoms with E-state index >= 15 is 0 Å². The summed E-state index contributed by atoms with van der Waals surface area (Å²) >= 11 is 0. The number of carboxylic acid groups (broad SMARTS) is 1. The first kappa shape index (κ1) is 18.7. The number of hydrogen-bond acceptors (Lipinski definition) is 5. The van der Waals surface area contributed by atoms with Crippen LogP contribution in [0, 0.1) is 11.3 Å². The van der Waals surface area contributed by atoms with Gasteiger partial charge in [0.1, 0.15) is 12.1 Å². The van der Waals surface area contributed by atoms with Crippen LogP contribution < -0.4 is 0 Å². The molecule has 8 nitrogen and oxygen atoms in total. The highest BCUT2D eigenvalue weighted by atomic mass is 16.5. The van der Waals surface area contributed by atoms with E-state index in [9.17, 15) is 24.8 Å². The predicted octanol–water partition coefficient (Wildman–Crippen LogP) is 1.82. The van der Waals surface area contributed by atoms with E-state index in [-0.39, 0.29) is 24.8 Å². The van der Waals surface area contributed by atoms with Gasteiger partial charge in [0, 0.05) is 19.0 Å². The van der Waals surface area contributed by atoms with Crippen molar-refractivity contribution in [1.29, 1.82) is 5.26 Å². The molecule has 2 heterocycles. The zero-order valence-corrected chi connectivity index (χ0v) is 15.0. The number of carbonyl (C=O) groups is 3. The molecule has 3 rings (SSSR count). The van der Waals surface area contributed by atoms with Gasteiger partial charge in [0.2, 0.25) is 5.91 Å². The van der Waals surface area contributed by atoms with E-state index in [2.05, 4.69) is 6.07 Å². The molecule has 0 aromatic heterocycles. The van der Waals surface area contributed by atoms with Gasteiger partial charge in [-0.3, -0.25) is 9.69 Å². The Morgan fingerprint density at radius 2 is 2.00 bits per heavy atom. The van der Waals surface area contributed by atoms with E-state index in [1.165, 1.54) is 12.0 Å². The number of likely N-dealkylation sites (tertiary alicyclic amines) is 2. The highest BCUT2D eigenvalue weighted by Gasteiger charge is 2.44. The second-order valence-electron chi connectivity index (χ2n) is 6.78. The van der Waals surface area contributed by atoms with Crippen LogP contribution in [0.4, 0.5) is 4.79 Å². The minimum Gasteiger partial charge on any atom is -0.465 e. The lowest BCUT2D eigenvalue weighted by atomic mass is 9.91. The fourth-order valence-corrected chi connectivity index (χ4v) is 4.01. The van der Waals surface area contributed by atoms with Crippen molar-refractivity contribution in [3.8, 4) is 6.07 Å². The molecule has 2 amide bonds. The Morgan fingerprint density at radius 1 is 1.26 bits per heavy atom. The van der Waals surface area contributed by atoms with Crippen molar-refractivity contribution >= 4 is 18.0 Å². The van der Waals surface area contributed by atoms with Crippen molar-refractivity contribution < 1.29 is 24.2 Å². The molecule has 0 unspecified atom stereocenters. The Balaban J connectivity index is 1.88. The first-order valence-corrected chi connectivity index (χ1v) is 8.84. The predicted molar refractivity (Wildman–Crippen MR) is 94.0 cm³/mol. The zero-order chi connectivity index (χ0) is 19.6. The first-order valence-electron chi connectivity index (χ1n) is 8.84. The van der Waals surface area contributed by atoms with Crippen molar-refractivity contribution in [2.75, 3.05) is 20.2 Å². The smallest absolute Gasteiger partial charge is 0.408 e. The number of ether oxygens (including phenoxy) is 1. The molecule has 1 aromatic rings. The number of methoxy groups -OCH3 is 1. The summed E-state index contributed by atoms with van der Waals surface area (Å²) in [5.74, 6) is -1.13. The van der Waals surface area contributed by atoms with Crippen LogP contribution in [-0.4, -0.2) is 65.2 Å². The van der Waals surface area contributed by atoms with E-state index < -0.39 is 24.1 Å². The maximum atomic E-state index is 13.0. The van der Waals surface area contributed by atoms with Crippen molar-refractivity contribution in [3.05, 3.63) is 35.4 Å². The highest BCUT2D eigenvalue weighted by Crippen LogP contribution is 2.35. The quantitative estimate of drug-likeness (QED) is 0.812. The molecule has 0 aliphatic carbocycles. The van der Waals surface area contributed by atoms with Gasteiger partial charge in [-0.1, -0.05) is 18.2 Å². The SMILES string of the molecule is COC(=O)c1ccccc1[C@H]1C[C@@H](C(=O)N2CCC[C@H]2C#N)N(C(=O)O)C1. The summed E-state index contributed by atoms with van der Waals surface area (Å²) < 4.78 is 4.81. The van der Waals surface area contributed by atoms with E-state index in [0.29, 0.717) is 24.1 Å². The maximum Gasteiger partial charge on any atom is 0.408 e. The molecule has 2 saturated heterocycles. The van der Waals surface area contributed by atoms with Gasteiger partial charge in [0.25, 0.3) is 0 Å². The summed E-state index contributed by atoms with van der Waals surface area (Å²) in [5, 5.41) is 18.8. The second kappa shape index (κ2) is 7.66. The van der Waals surface area contributed by atoms with Gasteiger partial charge in [-0.2, -0.15) is 5.26 Å². The Hall–Kier alpha value is -3.08. The number of carbonyl (C=O) groups excluding carboxylic acids is 2. The fourth-order valence-electron chi connectivity index (χ4n) is 4.01. The number of esters is 1. The summed E-state index contributed by atoms with van der Waals surface area (Å²) in [6, 6.07) is 7.63. The fraction of sp³-hybridized carbons (Fsp3) is 0.474. The summed E-state index contributed by atoms with van der Waals surface area (Å²) in [4.78, 5) is 39.3. The first-order chi connectivity index (χ1) is 13.0. The summed E-state index contributed by atoms with van der Waals surface area (Å²) in [7, 11) is 1.29. The third kappa shape index (κ3) is 3.45. The topological polar surface area (TPSA) is 111 Å². The molecule has 2 aliphatic heterocycles. The van der Waals surface area contributed by atoms with Crippen molar-refractivity contribution in [3.63, 3.8) is 0 Å². The Morgan fingerprint density at radius 3 is 2.67 bits per heavy atom. The number of rotatable bonds is 3. The monoisotopic (exact) mass is 371 g/mol. The van der Waals surface area contributed by atoms with Crippen LogP contribution in [0.15, 0.2) is 24.3 Å². The normalized spacial score (nSPS) is 24.5. The highest BCUT2D eigenvalue weighted by molar-refractivity contribution is 5.92. The van der Waals surface area contributed by atoms with Gasteiger partial charge in [-0.05, 0) is 30.9 Å². The number of hydrogen-bond donors (Lipinski definition) is 1. The molecular weight excluding hydrogens is 350 g/mol.